The van der Waals surface area contributed by atoms with Gasteiger partial charge in [-0.3, -0.25) is 4.79 Å². The lowest BCUT2D eigenvalue weighted by Gasteiger charge is -2.07. The maximum absolute atomic E-state index is 11.6. The first kappa shape index (κ1) is 13.4. The highest BCUT2D eigenvalue weighted by Crippen LogP contribution is 2.45. The van der Waals surface area contributed by atoms with Gasteiger partial charge in [-0.25, -0.2) is 0 Å². The summed E-state index contributed by atoms with van der Waals surface area (Å²) in [4.78, 5) is 11.6. The van der Waals surface area contributed by atoms with Gasteiger partial charge in [-0.05, 0) is 25.7 Å². The highest BCUT2D eigenvalue weighted by molar-refractivity contribution is 7.99. The molecule has 2 aliphatic carbocycles. The number of nitriles is 1. The Kier molecular flexibility index (Phi) is 3.92. The van der Waals surface area contributed by atoms with Gasteiger partial charge in [0.05, 0.1) is 18.2 Å². The molecule has 0 unspecified atom stereocenters. The number of carbonyl (C=O) groups excluding carboxylic acids is 1. The third-order valence-corrected chi connectivity index (χ3v) is 4.38. The fourth-order valence-electron chi connectivity index (χ4n) is 2.12. The summed E-state index contributed by atoms with van der Waals surface area (Å²) in [5.74, 6) is 1.98. The normalized spacial score (nSPS) is 17.8. The molecule has 0 saturated heterocycles. The summed E-state index contributed by atoms with van der Waals surface area (Å²) < 4.78 is 2.24. The lowest BCUT2D eigenvalue weighted by atomic mass is 10.4. The van der Waals surface area contributed by atoms with Crippen LogP contribution in [0.5, 0.6) is 0 Å². The topological polar surface area (TPSA) is 83.6 Å². The summed E-state index contributed by atoms with van der Waals surface area (Å²) in [5, 5.41) is 20.6. The van der Waals surface area contributed by atoms with Gasteiger partial charge >= 0.3 is 0 Å². The molecule has 7 heteroatoms. The fourth-order valence-corrected chi connectivity index (χ4v) is 2.96. The van der Waals surface area contributed by atoms with Crippen molar-refractivity contribution >= 4 is 17.7 Å². The number of thioether (sulfide) groups is 1. The van der Waals surface area contributed by atoms with Gasteiger partial charge in [0.1, 0.15) is 5.82 Å². The Morgan fingerprint density at radius 2 is 2.20 bits per heavy atom. The minimum Gasteiger partial charge on any atom is -0.354 e. The molecular weight excluding hydrogens is 274 g/mol. The van der Waals surface area contributed by atoms with Crippen LogP contribution in [0.4, 0.5) is 0 Å². The van der Waals surface area contributed by atoms with Gasteiger partial charge in [0, 0.05) is 18.5 Å². The van der Waals surface area contributed by atoms with Crippen molar-refractivity contribution in [3.8, 4) is 6.07 Å². The average Bonchev–Trinajstić information content (AvgIpc) is 3.35. The first-order valence-corrected chi connectivity index (χ1v) is 7.99. The van der Waals surface area contributed by atoms with Gasteiger partial charge < -0.3 is 9.88 Å². The molecule has 1 aromatic rings. The molecule has 2 aliphatic rings. The van der Waals surface area contributed by atoms with Crippen LogP contribution in [0.3, 0.4) is 0 Å². The number of nitrogens with one attached hydrogen (secondary N) is 1. The minimum absolute atomic E-state index is 0.0523. The lowest BCUT2D eigenvalue weighted by Crippen LogP contribution is -2.26. The van der Waals surface area contributed by atoms with E-state index in [-0.39, 0.29) is 5.91 Å². The Morgan fingerprint density at radius 1 is 1.40 bits per heavy atom. The van der Waals surface area contributed by atoms with Crippen LogP contribution >= 0.6 is 11.8 Å². The van der Waals surface area contributed by atoms with Crippen LogP contribution in [0, 0.1) is 11.3 Å². The molecule has 1 aromatic heterocycles. The van der Waals surface area contributed by atoms with Crippen molar-refractivity contribution in [3.05, 3.63) is 5.82 Å². The summed E-state index contributed by atoms with van der Waals surface area (Å²) in [7, 11) is 0. The number of nitrogens with zero attached hydrogens (tertiary/aromatic N) is 4. The lowest BCUT2D eigenvalue weighted by molar-refractivity contribution is -0.118. The van der Waals surface area contributed by atoms with E-state index in [2.05, 4.69) is 20.1 Å². The molecule has 1 N–H and O–H groups in total. The van der Waals surface area contributed by atoms with Crippen LogP contribution in [-0.4, -0.2) is 33.0 Å². The summed E-state index contributed by atoms with van der Waals surface area (Å²) in [5.41, 5.74) is 0. The third kappa shape index (κ3) is 3.12. The summed E-state index contributed by atoms with van der Waals surface area (Å²) in [6.07, 6.45) is 5.16. The maximum Gasteiger partial charge on any atom is 0.230 e. The van der Waals surface area contributed by atoms with Crippen LogP contribution in [-0.2, 0) is 4.79 Å². The van der Waals surface area contributed by atoms with Crippen molar-refractivity contribution in [2.45, 2.75) is 49.2 Å². The van der Waals surface area contributed by atoms with E-state index in [1.807, 2.05) is 6.07 Å². The first-order valence-electron chi connectivity index (χ1n) is 7.01. The number of aromatic nitrogens is 3. The summed E-state index contributed by atoms with van der Waals surface area (Å²) >= 11 is 1.44. The number of hydrogen-bond donors (Lipinski definition) is 1. The molecular formula is C13H17N5OS. The maximum atomic E-state index is 11.6. The zero-order valence-electron chi connectivity index (χ0n) is 11.2. The van der Waals surface area contributed by atoms with Gasteiger partial charge in [-0.2, -0.15) is 5.26 Å². The molecule has 0 spiro atoms. The van der Waals surface area contributed by atoms with E-state index in [0.29, 0.717) is 30.7 Å². The molecule has 3 rings (SSSR count). The van der Waals surface area contributed by atoms with Crippen LogP contribution in [0.25, 0.3) is 0 Å². The van der Waals surface area contributed by atoms with Gasteiger partial charge in [0.2, 0.25) is 5.91 Å². The third-order valence-electron chi connectivity index (χ3n) is 3.44. The molecule has 1 heterocycles. The van der Waals surface area contributed by atoms with Crippen molar-refractivity contribution in [2.75, 3.05) is 12.3 Å². The fraction of sp³-hybridized carbons (Fsp3) is 0.692. The summed E-state index contributed by atoms with van der Waals surface area (Å²) in [6.45, 7) is 0.415. The van der Waals surface area contributed by atoms with Gasteiger partial charge in [-0.1, -0.05) is 11.8 Å². The Labute approximate surface area is 121 Å². The molecule has 1 amide bonds. The molecule has 20 heavy (non-hydrogen) atoms. The number of hydrogen-bond acceptors (Lipinski definition) is 5. The molecule has 2 fully saturated rings. The van der Waals surface area contributed by atoms with Crippen LogP contribution in [0.1, 0.15) is 49.9 Å². The predicted octanol–water partition coefficient (Wildman–Crippen LogP) is 1.61. The number of rotatable bonds is 7. The van der Waals surface area contributed by atoms with Crippen molar-refractivity contribution < 1.29 is 4.79 Å². The Morgan fingerprint density at radius 3 is 2.85 bits per heavy atom. The smallest absolute Gasteiger partial charge is 0.230 e. The van der Waals surface area contributed by atoms with E-state index in [9.17, 15) is 4.79 Å². The molecule has 106 valence electrons. The quantitative estimate of drug-likeness (QED) is 0.609. The van der Waals surface area contributed by atoms with Crippen molar-refractivity contribution in [2.24, 2.45) is 0 Å². The van der Waals surface area contributed by atoms with Gasteiger partial charge in [0.15, 0.2) is 5.16 Å². The van der Waals surface area contributed by atoms with Crippen LogP contribution < -0.4 is 5.32 Å². The Hall–Kier alpha value is -1.55. The molecule has 0 atom stereocenters. The number of amides is 1. The minimum atomic E-state index is -0.0523. The van der Waals surface area contributed by atoms with E-state index < -0.39 is 0 Å². The number of carbonyl (C=O) groups is 1. The monoisotopic (exact) mass is 291 g/mol. The molecule has 2 saturated carbocycles. The molecule has 0 bridgehead atoms. The second kappa shape index (κ2) is 5.83. The standard InChI is InChI=1S/C13H17N5OS/c14-6-1-7-15-11(19)8-20-13-17-16-12(9-2-3-9)18(13)10-4-5-10/h9-10H,1-5,7-8H2,(H,15,19). The second-order valence-corrected chi connectivity index (χ2v) is 6.21. The van der Waals surface area contributed by atoms with Gasteiger partial charge in [-0.15, -0.1) is 10.2 Å². The van der Waals surface area contributed by atoms with Crippen molar-refractivity contribution in [1.29, 1.82) is 5.26 Å². The first-order chi connectivity index (χ1) is 9.79. The van der Waals surface area contributed by atoms with E-state index in [1.165, 1.54) is 37.4 Å². The SMILES string of the molecule is N#CCCNC(=O)CSc1nnc(C2CC2)n1C1CC1. The largest absolute Gasteiger partial charge is 0.354 e. The van der Waals surface area contributed by atoms with Crippen LogP contribution in [0.15, 0.2) is 5.16 Å². The van der Waals surface area contributed by atoms with E-state index in [1.54, 1.807) is 0 Å². The Bertz CT molecular complexity index is 541. The van der Waals surface area contributed by atoms with Crippen molar-refractivity contribution in [3.63, 3.8) is 0 Å². The van der Waals surface area contributed by atoms with Crippen molar-refractivity contribution in [1.82, 2.24) is 20.1 Å². The second-order valence-electron chi connectivity index (χ2n) is 5.26. The Balaban J connectivity index is 1.57. The van der Waals surface area contributed by atoms with E-state index in [0.717, 1.165) is 11.0 Å². The van der Waals surface area contributed by atoms with Gasteiger partial charge in [0.25, 0.3) is 0 Å². The van der Waals surface area contributed by atoms with E-state index in [4.69, 9.17) is 5.26 Å². The van der Waals surface area contributed by atoms with E-state index >= 15 is 0 Å². The highest BCUT2D eigenvalue weighted by Gasteiger charge is 2.36. The molecule has 6 nitrogen and oxygen atoms in total. The zero-order valence-corrected chi connectivity index (χ0v) is 12.0. The highest BCUT2D eigenvalue weighted by atomic mass is 32.2. The zero-order chi connectivity index (χ0) is 13.9. The van der Waals surface area contributed by atoms with Crippen LogP contribution in [0.2, 0.25) is 0 Å². The predicted molar refractivity (Wildman–Crippen MR) is 74.2 cm³/mol. The average molecular weight is 291 g/mol. The molecule has 0 radical (unpaired) electrons. The molecule has 0 aliphatic heterocycles. The molecule has 0 aromatic carbocycles. The summed E-state index contributed by atoms with van der Waals surface area (Å²) in [6, 6.07) is 2.55.